The van der Waals surface area contributed by atoms with Gasteiger partial charge < -0.3 is 24.2 Å². The minimum absolute atomic E-state index is 0.0634. The first-order valence-electron chi connectivity index (χ1n) is 8.83. The molecule has 0 aliphatic heterocycles. The molecule has 0 atom stereocenters. The third-order valence-electron chi connectivity index (χ3n) is 4.33. The van der Waals surface area contributed by atoms with Crippen molar-refractivity contribution in [3.05, 3.63) is 53.6 Å². The van der Waals surface area contributed by atoms with Crippen LogP contribution in [-0.2, 0) is 16.0 Å². The van der Waals surface area contributed by atoms with Crippen LogP contribution in [0.3, 0.4) is 0 Å². The van der Waals surface area contributed by atoms with E-state index < -0.39 is 5.97 Å². The van der Waals surface area contributed by atoms with Crippen LogP contribution in [0, 0.1) is 0 Å². The maximum Gasteiger partial charge on any atom is 0.335 e. The Kier molecular flexibility index (Phi) is 7.83. The minimum atomic E-state index is -0.971. The first kappa shape index (κ1) is 21.2. The van der Waals surface area contributed by atoms with Crippen LogP contribution in [0.15, 0.2) is 42.5 Å². The van der Waals surface area contributed by atoms with Crippen LogP contribution >= 0.6 is 0 Å². The topological polar surface area (TPSA) is 85.3 Å². The van der Waals surface area contributed by atoms with E-state index in [1.165, 1.54) is 0 Å². The molecule has 0 saturated heterocycles. The fraction of sp³-hybridized carbons (Fsp3) is 0.333. The molecule has 2 rings (SSSR count). The lowest BCUT2D eigenvalue weighted by molar-refractivity contribution is -0.118. The van der Waals surface area contributed by atoms with Gasteiger partial charge in [-0.1, -0.05) is 12.1 Å². The molecule has 1 N–H and O–H groups in total. The fourth-order valence-corrected chi connectivity index (χ4v) is 2.77. The van der Waals surface area contributed by atoms with Crippen LogP contribution < -0.4 is 14.4 Å². The molecule has 28 heavy (non-hydrogen) atoms. The molecule has 0 fully saturated rings. The van der Waals surface area contributed by atoms with Crippen LogP contribution in [0.25, 0.3) is 0 Å². The summed E-state index contributed by atoms with van der Waals surface area (Å²) in [6.45, 7) is 0.802. The number of carboxylic acid groups (broad SMARTS) is 1. The van der Waals surface area contributed by atoms with Crippen LogP contribution in [0.2, 0.25) is 0 Å². The molecule has 0 bridgehead atoms. The zero-order valence-corrected chi connectivity index (χ0v) is 16.3. The van der Waals surface area contributed by atoms with Crippen molar-refractivity contribution in [1.82, 2.24) is 0 Å². The molecular formula is C21H25NO6. The summed E-state index contributed by atoms with van der Waals surface area (Å²) in [5, 5.41) is 8.96. The number of hydrogen-bond donors (Lipinski definition) is 1. The van der Waals surface area contributed by atoms with Gasteiger partial charge in [-0.05, 0) is 36.2 Å². The van der Waals surface area contributed by atoms with E-state index in [-0.39, 0.29) is 17.9 Å². The van der Waals surface area contributed by atoms with E-state index in [0.29, 0.717) is 36.8 Å². The number of carbonyl (C=O) groups excluding carboxylic acids is 1. The third-order valence-corrected chi connectivity index (χ3v) is 4.33. The van der Waals surface area contributed by atoms with Gasteiger partial charge in [0.25, 0.3) is 0 Å². The summed E-state index contributed by atoms with van der Waals surface area (Å²) in [4.78, 5) is 25.4. The standard InChI is InChI=1S/C21H25NO6/c1-26-13-12-22(17-9-10-18(27-2)19(14-17)28-3)20(23)11-6-15-4-7-16(8-5-15)21(24)25/h4-5,7-10,14H,6,11-13H2,1-3H3,(H,24,25). The Hall–Kier alpha value is -3.06. The highest BCUT2D eigenvalue weighted by molar-refractivity contribution is 5.94. The molecule has 0 aliphatic carbocycles. The van der Waals surface area contributed by atoms with Gasteiger partial charge in [0.2, 0.25) is 5.91 Å². The molecule has 1 amide bonds. The van der Waals surface area contributed by atoms with Crippen LogP contribution in [0.4, 0.5) is 5.69 Å². The van der Waals surface area contributed by atoms with Crippen molar-refractivity contribution in [1.29, 1.82) is 0 Å². The molecule has 7 heteroatoms. The molecule has 0 aliphatic rings. The van der Waals surface area contributed by atoms with Crippen molar-refractivity contribution in [2.45, 2.75) is 12.8 Å². The van der Waals surface area contributed by atoms with Crippen LogP contribution in [-0.4, -0.2) is 51.5 Å². The summed E-state index contributed by atoms with van der Waals surface area (Å²) in [6, 6.07) is 11.9. The third kappa shape index (κ3) is 5.47. The zero-order valence-electron chi connectivity index (χ0n) is 16.3. The Bertz CT molecular complexity index is 803. The normalized spacial score (nSPS) is 10.4. The van der Waals surface area contributed by atoms with Gasteiger partial charge in [-0.3, -0.25) is 4.79 Å². The number of nitrogens with zero attached hydrogens (tertiary/aromatic N) is 1. The van der Waals surface area contributed by atoms with E-state index in [1.54, 1.807) is 68.7 Å². The maximum atomic E-state index is 12.9. The Balaban J connectivity index is 2.13. The summed E-state index contributed by atoms with van der Waals surface area (Å²) in [6.07, 6.45) is 0.792. The van der Waals surface area contributed by atoms with Gasteiger partial charge in [0.05, 0.1) is 26.4 Å². The van der Waals surface area contributed by atoms with Gasteiger partial charge in [0, 0.05) is 31.8 Å². The lowest BCUT2D eigenvalue weighted by atomic mass is 10.1. The molecule has 0 saturated carbocycles. The number of rotatable bonds is 10. The molecule has 0 heterocycles. The van der Waals surface area contributed by atoms with Crippen molar-refractivity contribution >= 4 is 17.6 Å². The number of carboxylic acids is 1. The highest BCUT2D eigenvalue weighted by Gasteiger charge is 2.18. The van der Waals surface area contributed by atoms with E-state index in [1.807, 2.05) is 0 Å². The summed E-state index contributed by atoms with van der Waals surface area (Å²) in [5.74, 6) is 0.0942. The highest BCUT2D eigenvalue weighted by atomic mass is 16.5. The smallest absolute Gasteiger partial charge is 0.335 e. The first-order chi connectivity index (χ1) is 13.5. The minimum Gasteiger partial charge on any atom is -0.493 e. The maximum absolute atomic E-state index is 12.9. The molecule has 0 aromatic heterocycles. The van der Waals surface area contributed by atoms with Gasteiger partial charge in [0.15, 0.2) is 11.5 Å². The predicted molar refractivity (Wildman–Crippen MR) is 105 cm³/mol. The van der Waals surface area contributed by atoms with E-state index in [2.05, 4.69) is 0 Å². The van der Waals surface area contributed by atoms with Crippen LogP contribution in [0.1, 0.15) is 22.3 Å². The zero-order chi connectivity index (χ0) is 20.5. The number of anilines is 1. The summed E-state index contributed by atoms with van der Waals surface area (Å²) < 4.78 is 15.7. The highest BCUT2D eigenvalue weighted by Crippen LogP contribution is 2.31. The van der Waals surface area contributed by atoms with Crippen molar-refractivity contribution < 1.29 is 28.9 Å². The Labute approximate surface area is 164 Å². The molecular weight excluding hydrogens is 362 g/mol. The number of aryl methyl sites for hydroxylation is 1. The lowest BCUT2D eigenvalue weighted by Gasteiger charge is -2.23. The Morgan fingerprint density at radius 3 is 2.21 bits per heavy atom. The number of carbonyl (C=O) groups is 2. The predicted octanol–water partition coefficient (Wildman–Crippen LogP) is 3.01. The van der Waals surface area contributed by atoms with Crippen molar-refractivity contribution in [2.24, 2.45) is 0 Å². The largest absolute Gasteiger partial charge is 0.493 e. The van der Waals surface area contributed by atoms with Crippen molar-refractivity contribution in [3.8, 4) is 11.5 Å². The molecule has 2 aromatic rings. The van der Waals surface area contributed by atoms with Crippen molar-refractivity contribution in [3.63, 3.8) is 0 Å². The number of methoxy groups -OCH3 is 3. The number of amides is 1. The lowest BCUT2D eigenvalue weighted by Crippen LogP contribution is -2.34. The molecule has 150 valence electrons. The number of benzene rings is 2. The van der Waals surface area contributed by atoms with Gasteiger partial charge in [-0.2, -0.15) is 0 Å². The summed E-state index contributed by atoms with van der Waals surface area (Å²) >= 11 is 0. The first-order valence-corrected chi connectivity index (χ1v) is 8.83. The van der Waals surface area contributed by atoms with Gasteiger partial charge in [0.1, 0.15) is 0 Å². The molecule has 7 nitrogen and oxygen atoms in total. The van der Waals surface area contributed by atoms with Gasteiger partial charge in [-0.25, -0.2) is 4.79 Å². The SMILES string of the molecule is COCCN(C(=O)CCc1ccc(C(=O)O)cc1)c1ccc(OC)c(OC)c1. The van der Waals surface area contributed by atoms with E-state index in [0.717, 1.165) is 5.56 Å². The van der Waals surface area contributed by atoms with Gasteiger partial charge in [-0.15, -0.1) is 0 Å². The van der Waals surface area contributed by atoms with Crippen molar-refractivity contribution in [2.75, 3.05) is 39.4 Å². The number of aromatic carboxylic acids is 1. The molecule has 0 radical (unpaired) electrons. The quantitative estimate of drug-likeness (QED) is 0.675. The molecule has 2 aromatic carbocycles. The molecule has 0 unspecified atom stereocenters. The van der Waals surface area contributed by atoms with E-state index in [9.17, 15) is 9.59 Å². The number of hydrogen-bond acceptors (Lipinski definition) is 5. The summed E-state index contributed by atoms with van der Waals surface area (Å²) in [7, 11) is 4.69. The van der Waals surface area contributed by atoms with Gasteiger partial charge >= 0.3 is 5.97 Å². The second-order valence-electron chi connectivity index (χ2n) is 6.08. The van der Waals surface area contributed by atoms with E-state index in [4.69, 9.17) is 19.3 Å². The average molecular weight is 387 g/mol. The number of ether oxygens (including phenoxy) is 3. The molecule has 0 spiro atoms. The van der Waals surface area contributed by atoms with Crippen LogP contribution in [0.5, 0.6) is 11.5 Å². The second-order valence-corrected chi connectivity index (χ2v) is 6.08. The summed E-state index contributed by atoms with van der Waals surface area (Å²) in [5.41, 5.74) is 1.82. The second kappa shape index (κ2) is 10.3. The van der Waals surface area contributed by atoms with E-state index >= 15 is 0 Å². The Morgan fingerprint density at radius 2 is 1.64 bits per heavy atom. The fourth-order valence-electron chi connectivity index (χ4n) is 2.77. The Morgan fingerprint density at radius 1 is 0.964 bits per heavy atom. The monoisotopic (exact) mass is 387 g/mol. The average Bonchev–Trinajstić information content (AvgIpc) is 2.72.